The van der Waals surface area contributed by atoms with Crippen molar-refractivity contribution < 1.29 is 4.42 Å². The molecule has 1 heterocycles. The van der Waals surface area contributed by atoms with Crippen LogP contribution >= 0.6 is 0 Å². The van der Waals surface area contributed by atoms with E-state index in [4.69, 9.17) is 9.68 Å². The Morgan fingerprint density at radius 2 is 1.60 bits per heavy atom. The molecule has 0 aliphatic heterocycles. The number of anilines is 2. The van der Waals surface area contributed by atoms with E-state index >= 15 is 0 Å². The van der Waals surface area contributed by atoms with Crippen LogP contribution in [0.2, 0.25) is 0 Å². The van der Waals surface area contributed by atoms with Crippen LogP contribution in [0.5, 0.6) is 0 Å². The van der Waals surface area contributed by atoms with Crippen molar-refractivity contribution in [3.8, 4) is 17.5 Å². The fraction of sp³-hybridized carbons (Fsp3) is 0. The van der Waals surface area contributed by atoms with Gasteiger partial charge in [-0.25, -0.2) is 0 Å². The third-order valence-electron chi connectivity index (χ3n) is 2.79. The predicted molar refractivity (Wildman–Crippen MR) is 76.4 cm³/mol. The predicted octanol–water partition coefficient (Wildman–Crippen LogP) is 3.96. The molecule has 3 rings (SSSR count). The minimum absolute atomic E-state index is 0.243. The Kier molecular flexibility index (Phi) is 3.17. The third kappa shape index (κ3) is 2.38. The Balaban J connectivity index is 1.96. The minimum Gasteiger partial charge on any atom is -0.419 e. The summed E-state index contributed by atoms with van der Waals surface area (Å²) in [6.45, 7) is 0. The van der Waals surface area contributed by atoms with E-state index in [1.807, 2.05) is 66.7 Å². The molecule has 0 saturated carbocycles. The maximum atomic E-state index is 9.14. The molecule has 0 bridgehead atoms. The second-order valence-electron chi connectivity index (χ2n) is 4.17. The quantitative estimate of drug-likeness (QED) is 0.775. The summed E-state index contributed by atoms with van der Waals surface area (Å²) < 4.78 is 5.65. The lowest BCUT2D eigenvalue weighted by molar-refractivity contribution is 0.591. The lowest BCUT2D eigenvalue weighted by Gasteiger charge is -2.01. The first-order valence-electron chi connectivity index (χ1n) is 6.15. The van der Waals surface area contributed by atoms with Crippen molar-refractivity contribution in [1.82, 2.24) is 4.98 Å². The van der Waals surface area contributed by atoms with Crippen molar-refractivity contribution in [3.05, 3.63) is 66.4 Å². The molecule has 0 amide bonds. The maximum Gasteiger partial charge on any atom is 0.236 e. The molecule has 0 saturated heterocycles. The summed E-state index contributed by atoms with van der Waals surface area (Å²) in [5, 5.41) is 12.2. The number of hydrogen-bond donors (Lipinski definition) is 1. The number of nitriles is 1. The Hall–Kier alpha value is -3.06. The molecular formula is C16H11N3O. The normalized spacial score (nSPS) is 9.95. The fourth-order valence-corrected chi connectivity index (χ4v) is 1.84. The van der Waals surface area contributed by atoms with Crippen molar-refractivity contribution >= 4 is 11.6 Å². The van der Waals surface area contributed by atoms with E-state index in [9.17, 15) is 0 Å². The maximum absolute atomic E-state index is 9.14. The van der Waals surface area contributed by atoms with Crippen LogP contribution in [-0.4, -0.2) is 4.98 Å². The van der Waals surface area contributed by atoms with Gasteiger partial charge in [-0.1, -0.05) is 36.4 Å². The minimum atomic E-state index is 0.243. The van der Waals surface area contributed by atoms with Gasteiger partial charge < -0.3 is 9.73 Å². The second kappa shape index (κ2) is 5.29. The summed E-state index contributed by atoms with van der Waals surface area (Å²) in [4.78, 5) is 4.20. The molecular weight excluding hydrogens is 250 g/mol. The van der Waals surface area contributed by atoms with Crippen LogP contribution in [-0.2, 0) is 0 Å². The third-order valence-corrected chi connectivity index (χ3v) is 2.79. The second-order valence-corrected chi connectivity index (χ2v) is 4.17. The summed E-state index contributed by atoms with van der Waals surface area (Å²) in [5.41, 5.74) is 1.93. The summed E-state index contributed by atoms with van der Waals surface area (Å²) in [7, 11) is 0. The first-order valence-corrected chi connectivity index (χ1v) is 6.15. The summed E-state index contributed by atoms with van der Waals surface area (Å²) >= 11 is 0. The zero-order chi connectivity index (χ0) is 13.8. The van der Waals surface area contributed by atoms with E-state index in [0.717, 1.165) is 11.3 Å². The largest absolute Gasteiger partial charge is 0.419 e. The first kappa shape index (κ1) is 12.0. The Bertz CT molecular complexity index is 742. The van der Waals surface area contributed by atoms with Crippen molar-refractivity contribution in [1.29, 1.82) is 5.26 Å². The van der Waals surface area contributed by atoms with Gasteiger partial charge in [0.25, 0.3) is 0 Å². The SMILES string of the molecule is N#Cc1nc(-c2ccccc2)oc1Nc1ccccc1. The smallest absolute Gasteiger partial charge is 0.236 e. The van der Waals surface area contributed by atoms with Crippen molar-refractivity contribution in [2.45, 2.75) is 0 Å². The highest BCUT2D eigenvalue weighted by Gasteiger charge is 2.14. The molecule has 2 aromatic carbocycles. The van der Waals surface area contributed by atoms with Crippen molar-refractivity contribution in [2.24, 2.45) is 0 Å². The van der Waals surface area contributed by atoms with Gasteiger partial charge in [0, 0.05) is 11.3 Å². The molecule has 0 atom stereocenters. The molecule has 1 N–H and O–H groups in total. The molecule has 20 heavy (non-hydrogen) atoms. The van der Waals surface area contributed by atoms with Crippen molar-refractivity contribution in [2.75, 3.05) is 5.32 Å². The standard InChI is InChI=1S/C16H11N3O/c17-11-14-16(18-13-9-5-2-6-10-13)20-15(19-14)12-7-3-1-4-8-12/h1-10,18H. The molecule has 4 heteroatoms. The van der Waals surface area contributed by atoms with Gasteiger partial charge in [0.1, 0.15) is 6.07 Å². The summed E-state index contributed by atoms with van der Waals surface area (Å²) in [5.74, 6) is 0.790. The van der Waals surface area contributed by atoms with Crippen LogP contribution in [0.3, 0.4) is 0 Å². The molecule has 0 fully saturated rings. The number of nitrogens with one attached hydrogen (secondary N) is 1. The number of rotatable bonds is 3. The van der Waals surface area contributed by atoms with E-state index in [2.05, 4.69) is 10.3 Å². The molecule has 0 aliphatic rings. The molecule has 3 aromatic rings. The monoisotopic (exact) mass is 261 g/mol. The number of para-hydroxylation sites is 1. The number of benzene rings is 2. The lowest BCUT2D eigenvalue weighted by atomic mass is 10.2. The summed E-state index contributed by atoms with van der Waals surface area (Å²) in [6.07, 6.45) is 0. The van der Waals surface area contributed by atoms with Gasteiger partial charge in [-0.2, -0.15) is 10.2 Å². The number of aromatic nitrogens is 1. The van der Waals surface area contributed by atoms with Gasteiger partial charge in [-0.15, -0.1) is 0 Å². The van der Waals surface area contributed by atoms with Crippen molar-refractivity contribution in [3.63, 3.8) is 0 Å². The average molecular weight is 261 g/mol. The Labute approximate surface area is 116 Å². The lowest BCUT2D eigenvalue weighted by Crippen LogP contribution is -1.90. The Morgan fingerprint density at radius 3 is 2.25 bits per heavy atom. The summed E-state index contributed by atoms with van der Waals surface area (Å²) in [6, 6.07) is 21.1. The van der Waals surface area contributed by atoms with E-state index < -0.39 is 0 Å². The van der Waals surface area contributed by atoms with Crippen LogP contribution in [0.15, 0.2) is 65.1 Å². The molecule has 4 nitrogen and oxygen atoms in total. The van der Waals surface area contributed by atoms with Crippen LogP contribution in [0, 0.1) is 11.3 Å². The fourth-order valence-electron chi connectivity index (χ4n) is 1.84. The molecule has 0 unspecified atom stereocenters. The van der Waals surface area contributed by atoms with Gasteiger partial charge in [0.05, 0.1) is 0 Å². The van der Waals surface area contributed by atoms with E-state index in [1.165, 1.54) is 0 Å². The van der Waals surface area contributed by atoms with Gasteiger partial charge in [0.15, 0.2) is 0 Å². The zero-order valence-corrected chi connectivity index (χ0v) is 10.6. The molecule has 0 spiro atoms. The van der Waals surface area contributed by atoms with E-state index in [1.54, 1.807) is 0 Å². The zero-order valence-electron chi connectivity index (χ0n) is 10.6. The van der Waals surface area contributed by atoms with Crippen LogP contribution < -0.4 is 5.32 Å². The van der Waals surface area contributed by atoms with E-state index in [0.29, 0.717) is 11.8 Å². The molecule has 0 radical (unpaired) electrons. The first-order chi connectivity index (χ1) is 9.86. The highest BCUT2D eigenvalue weighted by atomic mass is 16.4. The highest BCUT2D eigenvalue weighted by Crippen LogP contribution is 2.27. The number of hydrogen-bond acceptors (Lipinski definition) is 4. The molecule has 96 valence electrons. The topological polar surface area (TPSA) is 61.9 Å². The molecule has 0 aliphatic carbocycles. The van der Waals surface area contributed by atoms with Gasteiger partial charge in [0.2, 0.25) is 17.5 Å². The molecule has 1 aromatic heterocycles. The van der Waals surface area contributed by atoms with Crippen LogP contribution in [0.1, 0.15) is 5.69 Å². The van der Waals surface area contributed by atoms with Gasteiger partial charge >= 0.3 is 0 Å². The number of nitrogens with zero attached hydrogens (tertiary/aromatic N) is 2. The van der Waals surface area contributed by atoms with Crippen LogP contribution in [0.25, 0.3) is 11.5 Å². The van der Waals surface area contributed by atoms with Gasteiger partial charge in [-0.3, -0.25) is 0 Å². The average Bonchev–Trinajstić information content (AvgIpc) is 2.92. The van der Waals surface area contributed by atoms with Crippen LogP contribution in [0.4, 0.5) is 11.6 Å². The Morgan fingerprint density at radius 1 is 0.950 bits per heavy atom. The highest BCUT2D eigenvalue weighted by molar-refractivity contribution is 5.63. The van der Waals surface area contributed by atoms with E-state index in [-0.39, 0.29) is 5.69 Å². The van der Waals surface area contributed by atoms with Gasteiger partial charge in [-0.05, 0) is 24.3 Å². The number of oxazole rings is 1.